The molecule has 102 valence electrons. The average Bonchev–Trinajstić information content (AvgIpc) is 2.75. The van der Waals surface area contributed by atoms with E-state index in [2.05, 4.69) is 27.8 Å². The van der Waals surface area contributed by atoms with Gasteiger partial charge in [0.05, 0.1) is 12.8 Å². The summed E-state index contributed by atoms with van der Waals surface area (Å²) in [7, 11) is 1.65. The first-order valence-electron chi connectivity index (χ1n) is 5.92. The van der Waals surface area contributed by atoms with E-state index in [1.54, 1.807) is 18.4 Å². The first-order valence-corrected chi connectivity index (χ1v) is 7.86. The molecule has 0 aliphatic carbocycles. The molecule has 19 heavy (non-hydrogen) atoms. The molecule has 2 rings (SSSR count). The molecule has 1 heterocycles. The highest BCUT2D eigenvalue weighted by Crippen LogP contribution is 2.30. The Labute approximate surface area is 125 Å². The highest BCUT2D eigenvalue weighted by Gasteiger charge is 2.08. The summed E-state index contributed by atoms with van der Waals surface area (Å²) in [6, 6.07) is 5.93. The molecule has 1 aromatic carbocycles. The third-order valence-electron chi connectivity index (χ3n) is 2.81. The summed E-state index contributed by atoms with van der Waals surface area (Å²) < 4.78 is 11.1. The number of aryl methyl sites for hydroxylation is 2. The molecule has 0 atom stereocenters. The Morgan fingerprint density at radius 2 is 2.05 bits per heavy atom. The number of methoxy groups -OCH3 is 1. The lowest BCUT2D eigenvalue weighted by atomic mass is 10.2. The van der Waals surface area contributed by atoms with Crippen LogP contribution in [0.5, 0.6) is 11.5 Å². The summed E-state index contributed by atoms with van der Waals surface area (Å²) in [5, 5.41) is 1.79. The van der Waals surface area contributed by atoms with Gasteiger partial charge in [-0.3, -0.25) is 0 Å². The lowest BCUT2D eigenvalue weighted by Crippen LogP contribution is -1.98. The van der Waals surface area contributed by atoms with Gasteiger partial charge in [0.1, 0.15) is 11.6 Å². The van der Waals surface area contributed by atoms with Crippen LogP contribution in [0.15, 0.2) is 18.2 Å². The summed E-state index contributed by atoms with van der Waals surface area (Å²) in [6.45, 7) is 4.56. The van der Waals surface area contributed by atoms with Crippen LogP contribution in [-0.4, -0.2) is 12.1 Å². The van der Waals surface area contributed by atoms with Gasteiger partial charge in [0.25, 0.3) is 0 Å². The molecule has 1 aromatic heterocycles. The Hall–Kier alpha value is -1.07. The van der Waals surface area contributed by atoms with Crippen LogP contribution in [0.3, 0.4) is 0 Å². The smallest absolute Gasteiger partial charge is 0.161 e. The minimum absolute atomic E-state index is 0.476. The standard InChI is InChI=1S/C14H16BrNO2S/c1-9-10(2)19-14(16-9)8-18-12-5-4-11(7-15)6-13(12)17-3/h4-6H,7-8H2,1-3H3. The number of aromatic nitrogens is 1. The quantitative estimate of drug-likeness (QED) is 0.762. The number of rotatable bonds is 5. The maximum atomic E-state index is 5.79. The average molecular weight is 342 g/mol. The van der Waals surface area contributed by atoms with Gasteiger partial charge in [0.2, 0.25) is 0 Å². The number of thiazole rings is 1. The topological polar surface area (TPSA) is 31.4 Å². The third kappa shape index (κ3) is 3.48. The van der Waals surface area contributed by atoms with Crippen LogP contribution in [-0.2, 0) is 11.9 Å². The number of hydrogen-bond acceptors (Lipinski definition) is 4. The van der Waals surface area contributed by atoms with Gasteiger partial charge < -0.3 is 9.47 Å². The highest BCUT2D eigenvalue weighted by molar-refractivity contribution is 9.08. The Morgan fingerprint density at radius 3 is 2.63 bits per heavy atom. The molecule has 0 amide bonds. The van der Waals surface area contributed by atoms with Crippen molar-refractivity contribution in [1.29, 1.82) is 0 Å². The number of benzene rings is 1. The van der Waals surface area contributed by atoms with Crippen LogP contribution in [0, 0.1) is 13.8 Å². The predicted molar refractivity (Wildman–Crippen MR) is 81.5 cm³/mol. The summed E-state index contributed by atoms with van der Waals surface area (Å²) in [5.74, 6) is 1.50. The summed E-state index contributed by atoms with van der Waals surface area (Å²) >= 11 is 5.10. The van der Waals surface area contributed by atoms with E-state index in [0.29, 0.717) is 6.61 Å². The number of alkyl halides is 1. The maximum absolute atomic E-state index is 5.79. The van der Waals surface area contributed by atoms with Gasteiger partial charge in [-0.1, -0.05) is 22.0 Å². The molecule has 0 unspecified atom stereocenters. The zero-order valence-electron chi connectivity index (χ0n) is 11.2. The van der Waals surface area contributed by atoms with E-state index in [1.807, 2.05) is 25.1 Å². The zero-order valence-corrected chi connectivity index (χ0v) is 13.6. The summed E-state index contributed by atoms with van der Waals surface area (Å²) in [5.41, 5.74) is 2.23. The van der Waals surface area contributed by atoms with Gasteiger partial charge in [-0.2, -0.15) is 0 Å². The Bertz CT molecular complexity index is 549. The molecule has 3 nitrogen and oxygen atoms in total. The van der Waals surface area contributed by atoms with E-state index >= 15 is 0 Å². The van der Waals surface area contributed by atoms with Gasteiger partial charge in [-0.15, -0.1) is 11.3 Å². The van der Waals surface area contributed by atoms with E-state index in [1.165, 1.54) is 4.88 Å². The Morgan fingerprint density at radius 1 is 1.26 bits per heavy atom. The monoisotopic (exact) mass is 341 g/mol. The molecular weight excluding hydrogens is 326 g/mol. The molecule has 0 saturated carbocycles. The largest absolute Gasteiger partial charge is 0.493 e. The third-order valence-corrected chi connectivity index (χ3v) is 4.50. The van der Waals surface area contributed by atoms with E-state index in [4.69, 9.17) is 9.47 Å². The Kier molecular flexibility index (Phi) is 4.82. The Balaban J connectivity index is 2.10. The van der Waals surface area contributed by atoms with Crippen molar-refractivity contribution in [3.63, 3.8) is 0 Å². The van der Waals surface area contributed by atoms with Gasteiger partial charge in [0, 0.05) is 10.2 Å². The summed E-state index contributed by atoms with van der Waals surface area (Å²) in [6.07, 6.45) is 0. The molecular formula is C14H16BrNO2S. The van der Waals surface area contributed by atoms with E-state index in [9.17, 15) is 0 Å². The fraction of sp³-hybridized carbons (Fsp3) is 0.357. The molecule has 2 aromatic rings. The SMILES string of the molecule is COc1cc(CBr)ccc1OCc1nc(C)c(C)s1. The molecule has 5 heteroatoms. The minimum Gasteiger partial charge on any atom is -0.493 e. The van der Waals surface area contributed by atoms with E-state index in [0.717, 1.165) is 33.1 Å². The second-order valence-electron chi connectivity index (χ2n) is 4.16. The highest BCUT2D eigenvalue weighted by atomic mass is 79.9. The van der Waals surface area contributed by atoms with Crippen LogP contribution >= 0.6 is 27.3 Å². The molecule has 0 aliphatic heterocycles. The van der Waals surface area contributed by atoms with E-state index in [-0.39, 0.29) is 0 Å². The molecule has 0 N–H and O–H groups in total. The molecule has 0 bridgehead atoms. The van der Waals surface area contributed by atoms with Crippen molar-refractivity contribution in [2.75, 3.05) is 7.11 Å². The number of nitrogens with zero attached hydrogens (tertiary/aromatic N) is 1. The second-order valence-corrected chi connectivity index (χ2v) is 6.01. The zero-order chi connectivity index (χ0) is 13.8. The molecule has 0 aliphatic rings. The molecule has 0 fully saturated rings. The number of halogens is 1. The van der Waals surface area contributed by atoms with Crippen LogP contribution in [0.4, 0.5) is 0 Å². The van der Waals surface area contributed by atoms with Gasteiger partial charge in [0.15, 0.2) is 11.5 Å². The van der Waals surface area contributed by atoms with Crippen LogP contribution in [0.1, 0.15) is 21.1 Å². The first kappa shape index (κ1) is 14.3. The molecule has 0 spiro atoms. The lowest BCUT2D eigenvalue weighted by Gasteiger charge is -2.10. The van der Waals surface area contributed by atoms with Gasteiger partial charge >= 0.3 is 0 Å². The lowest BCUT2D eigenvalue weighted by molar-refractivity contribution is 0.284. The molecule has 0 radical (unpaired) electrons. The van der Waals surface area contributed by atoms with Gasteiger partial charge in [-0.25, -0.2) is 4.98 Å². The summed E-state index contributed by atoms with van der Waals surface area (Å²) in [4.78, 5) is 5.70. The molecule has 0 saturated heterocycles. The van der Waals surface area contributed by atoms with Crippen molar-refractivity contribution < 1.29 is 9.47 Å². The minimum atomic E-state index is 0.476. The van der Waals surface area contributed by atoms with E-state index < -0.39 is 0 Å². The fourth-order valence-electron chi connectivity index (χ4n) is 1.65. The van der Waals surface area contributed by atoms with Crippen molar-refractivity contribution in [2.45, 2.75) is 25.8 Å². The first-order chi connectivity index (χ1) is 9.13. The van der Waals surface area contributed by atoms with Gasteiger partial charge in [-0.05, 0) is 31.5 Å². The van der Waals surface area contributed by atoms with Crippen molar-refractivity contribution >= 4 is 27.3 Å². The normalized spacial score (nSPS) is 10.5. The van der Waals surface area contributed by atoms with Crippen molar-refractivity contribution in [2.24, 2.45) is 0 Å². The van der Waals surface area contributed by atoms with Crippen LogP contribution in [0.2, 0.25) is 0 Å². The second kappa shape index (κ2) is 6.39. The predicted octanol–water partition coefficient (Wildman–Crippen LogP) is 4.24. The van der Waals surface area contributed by atoms with Crippen LogP contribution in [0.25, 0.3) is 0 Å². The number of ether oxygens (including phenoxy) is 2. The fourth-order valence-corrected chi connectivity index (χ4v) is 2.85. The van der Waals surface area contributed by atoms with Crippen molar-refractivity contribution in [3.05, 3.63) is 39.3 Å². The van der Waals surface area contributed by atoms with Crippen LogP contribution < -0.4 is 9.47 Å². The maximum Gasteiger partial charge on any atom is 0.161 e. The van der Waals surface area contributed by atoms with Crippen molar-refractivity contribution in [3.8, 4) is 11.5 Å². The number of hydrogen-bond donors (Lipinski definition) is 0. The van der Waals surface area contributed by atoms with Crippen molar-refractivity contribution in [1.82, 2.24) is 4.98 Å².